The van der Waals surface area contributed by atoms with Crippen molar-refractivity contribution in [2.75, 3.05) is 24.7 Å². The molecule has 43 heavy (non-hydrogen) atoms. The van der Waals surface area contributed by atoms with Crippen molar-refractivity contribution in [1.82, 2.24) is 21.3 Å². The van der Waals surface area contributed by atoms with Crippen molar-refractivity contribution in [3.63, 3.8) is 0 Å². The number of ether oxygens (including phenoxy) is 2. The third kappa shape index (κ3) is 13.1. The standard InChI is InChI=1S/C13H20N2O3S.C10H18N2O2S.C6H6O3/c1-2-11(16)18-7-5-3-4-6-10-12-9(8-19-10)14-13(17)15-12;13-5-3-1-2-4-8-9-7(6-15-8)11-10(14)12-9;1-3-5(7)9-6(8)4-2/h2,9-10,12H,1,3-8H2,(H2,14,15,17);7-9,13H,1-6H2,(H2,11,12,14);3-4H,1-2H2/t9-,10-,12-;7-,8-,9-;/m00./s1. The molecule has 5 N–H and O–H groups in total. The summed E-state index contributed by atoms with van der Waals surface area (Å²) in [5.41, 5.74) is 0. The Bertz CT molecular complexity index is 980. The number of hydrogen-bond acceptors (Lipinski definition) is 10. The maximum Gasteiger partial charge on any atom is 0.338 e. The van der Waals surface area contributed by atoms with Gasteiger partial charge in [0.1, 0.15) is 0 Å². The van der Waals surface area contributed by atoms with Crippen LogP contribution in [0.1, 0.15) is 51.4 Å². The molecule has 4 heterocycles. The van der Waals surface area contributed by atoms with E-state index < -0.39 is 11.9 Å². The Labute approximate surface area is 261 Å². The minimum atomic E-state index is -0.764. The fraction of sp³-hybridized carbons (Fsp3) is 0.621. The molecule has 12 nitrogen and oxygen atoms in total. The average Bonchev–Trinajstić information content (AvgIpc) is 3.75. The highest BCUT2D eigenvalue weighted by Crippen LogP contribution is 2.34. The molecule has 0 saturated carbocycles. The molecule has 0 bridgehead atoms. The molecule has 0 aromatic carbocycles. The number of urea groups is 2. The lowest BCUT2D eigenvalue weighted by atomic mass is 10.0. The molecule has 14 heteroatoms. The highest BCUT2D eigenvalue weighted by Gasteiger charge is 2.43. The molecular formula is C29H44N4O8S2. The van der Waals surface area contributed by atoms with Crippen LogP contribution < -0.4 is 21.3 Å². The van der Waals surface area contributed by atoms with Gasteiger partial charge in [-0.05, 0) is 25.7 Å². The topological polar surface area (TPSA) is 172 Å². The van der Waals surface area contributed by atoms with Gasteiger partial charge in [-0.15, -0.1) is 0 Å². The fourth-order valence-electron chi connectivity index (χ4n) is 4.96. The number of hydrogen-bond donors (Lipinski definition) is 5. The van der Waals surface area contributed by atoms with E-state index in [1.54, 1.807) is 0 Å². The van der Waals surface area contributed by atoms with E-state index in [-0.39, 0.29) is 24.1 Å². The van der Waals surface area contributed by atoms with E-state index in [2.05, 4.69) is 45.7 Å². The quantitative estimate of drug-likeness (QED) is 0.0625. The Morgan fingerprint density at radius 3 is 1.63 bits per heavy atom. The lowest BCUT2D eigenvalue weighted by molar-refractivity contribution is -0.152. The number of aliphatic hydroxyl groups is 1. The SMILES string of the molecule is C=CC(=O)OC(=O)C=C.C=CC(=O)OCCCCC[C@@H]1SC[C@@H]2NC(=O)N[C@@H]21.O=C1N[C@H]2[C@H](CS[C@H]2CCCCCO)N1. The highest BCUT2D eigenvalue weighted by molar-refractivity contribution is 8.00. The average molecular weight is 641 g/mol. The van der Waals surface area contributed by atoms with Crippen LogP contribution in [0, 0.1) is 0 Å². The monoisotopic (exact) mass is 640 g/mol. The first-order valence-corrected chi connectivity index (χ1v) is 16.6. The first-order valence-electron chi connectivity index (χ1n) is 14.5. The molecule has 4 fully saturated rings. The second kappa shape index (κ2) is 20.1. The lowest BCUT2D eigenvalue weighted by Gasteiger charge is -2.16. The Hall–Kier alpha value is -2.97. The van der Waals surface area contributed by atoms with Gasteiger partial charge in [0, 0.05) is 46.8 Å². The van der Waals surface area contributed by atoms with Crippen LogP contribution in [0.15, 0.2) is 38.0 Å². The van der Waals surface area contributed by atoms with Gasteiger partial charge in [0.25, 0.3) is 0 Å². The van der Waals surface area contributed by atoms with Crippen LogP contribution in [0.5, 0.6) is 0 Å². The Kier molecular flexibility index (Phi) is 16.9. The fourth-order valence-corrected chi connectivity index (χ4v) is 8.05. The van der Waals surface area contributed by atoms with Crippen molar-refractivity contribution >= 4 is 53.5 Å². The van der Waals surface area contributed by atoms with Crippen LogP contribution >= 0.6 is 23.5 Å². The van der Waals surface area contributed by atoms with Gasteiger partial charge in [0.2, 0.25) is 0 Å². The number of thioether (sulfide) groups is 2. The number of unbranched alkanes of at least 4 members (excludes halogenated alkanes) is 4. The minimum absolute atomic E-state index is 0.00865. The third-order valence-corrected chi connectivity index (χ3v) is 10.1. The van der Waals surface area contributed by atoms with Crippen LogP contribution in [0.3, 0.4) is 0 Å². The number of esters is 3. The summed E-state index contributed by atoms with van der Waals surface area (Å²) >= 11 is 3.89. The summed E-state index contributed by atoms with van der Waals surface area (Å²) in [7, 11) is 0. The molecule has 4 aliphatic rings. The Balaban J connectivity index is 0.000000241. The molecule has 0 radical (unpaired) electrons. The highest BCUT2D eigenvalue weighted by atomic mass is 32.2. The molecule has 4 aliphatic heterocycles. The molecule has 6 atom stereocenters. The number of rotatable bonds is 14. The van der Waals surface area contributed by atoms with Crippen LogP contribution in [0.2, 0.25) is 0 Å². The number of carbonyl (C=O) groups excluding carboxylic acids is 5. The normalized spacial score (nSPS) is 25.9. The summed E-state index contributed by atoms with van der Waals surface area (Å²) in [5.74, 6) is 0.160. The number of carbonyl (C=O) groups is 5. The predicted molar refractivity (Wildman–Crippen MR) is 168 cm³/mol. The van der Waals surface area contributed by atoms with E-state index in [1.165, 1.54) is 6.08 Å². The largest absolute Gasteiger partial charge is 0.463 e. The van der Waals surface area contributed by atoms with Crippen molar-refractivity contribution in [2.24, 2.45) is 0 Å². The van der Waals surface area contributed by atoms with Crippen molar-refractivity contribution in [3.05, 3.63) is 38.0 Å². The van der Waals surface area contributed by atoms with Crippen LogP contribution in [-0.2, 0) is 23.9 Å². The zero-order valence-corrected chi connectivity index (χ0v) is 26.1. The summed E-state index contributed by atoms with van der Waals surface area (Å²) in [4.78, 5) is 53.5. The molecule has 0 aromatic rings. The van der Waals surface area contributed by atoms with Crippen molar-refractivity contribution in [2.45, 2.75) is 86.0 Å². The van der Waals surface area contributed by atoms with E-state index >= 15 is 0 Å². The van der Waals surface area contributed by atoms with Crippen LogP contribution in [0.25, 0.3) is 0 Å². The smallest absolute Gasteiger partial charge is 0.338 e. The van der Waals surface area contributed by atoms with Gasteiger partial charge in [-0.2, -0.15) is 23.5 Å². The Morgan fingerprint density at radius 2 is 1.19 bits per heavy atom. The first kappa shape index (κ1) is 36.2. The summed E-state index contributed by atoms with van der Waals surface area (Å²) in [6.45, 7) is 10.3. The summed E-state index contributed by atoms with van der Waals surface area (Å²) in [5, 5.41) is 21.6. The van der Waals surface area contributed by atoms with Crippen molar-refractivity contribution in [1.29, 1.82) is 0 Å². The van der Waals surface area contributed by atoms with E-state index in [0.717, 1.165) is 75.0 Å². The van der Waals surface area contributed by atoms with Gasteiger partial charge in [0.15, 0.2) is 0 Å². The second-order valence-corrected chi connectivity index (χ2v) is 12.7. The van der Waals surface area contributed by atoms with Crippen molar-refractivity contribution < 1.29 is 38.6 Å². The molecule has 0 aliphatic carbocycles. The van der Waals surface area contributed by atoms with Crippen LogP contribution in [-0.4, -0.2) is 94.5 Å². The van der Waals surface area contributed by atoms with Gasteiger partial charge in [0.05, 0.1) is 30.8 Å². The molecular weight excluding hydrogens is 596 g/mol. The van der Waals surface area contributed by atoms with Gasteiger partial charge >= 0.3 is 30.0 Å². The molecule has 0 unspecified atom stereocenters. The van der Waals surface area contributed by atoms with Gasteiger partial charge < -0.3 is 35.8 Å². The predicted octanol–water partition coefficient (Wildman–Crippen LogP) is 2.57. The van der Waals surface area contributed by atoms with E-state index in [4.69, 9.17) is 9.84 Å². The first-order chi connectivity index (χ1) is 20.7. The van der Waals surface area contributed by atoms with Crippen molar-refractivity contribution in [3.8, 4) is 0 Å². The molecule has 4 rings (SSSR count). The number of fused-ring (bicyclic) bond motifs is 2. The lowest BCUT2D eigenvalue weighted by Crippen LogP contribution is -2.36. The third-order valence-electron chi connectivity index (χ3n) is 7.10. The maximum atomic E-state index is 11.2. The number of aliphatic hydroxyl groups excluding tert-OH is 1. The molecule has 0 spiro atoms. The molecule has 240 valence electrons. The van der Waals surface area contributed by atoms with E-state index in [0.29, 0.717) is 41.8 Å². The maximum absolute atomic E-state index is 11.2. The summed E-state index contributed by atoms with van der Waals surface area (Å²) in [6, 6.07) is 1.22. The zero-order valence-electron chi connectivity index (χ0n) is 24.4. The van der Waals surface area contributed by atoms with Gasteiger partial charge in [-0.25, -0.2) is 24.0 Å². The summed E-state index contributed by atoms with van der Waals surface area (Å²) < 4.78 is 8.95. The molecule has 4 saturated heterocycles. The molecule has 0 aromatic heterocycles. The van der Waals surface area contributed by atoms with Gasteiger partial charge in [-0.3, -0.25) is 0 Å². The number of amides is 4. The Morgan fingerprint density at radius 1 is 0.721 bits per heavy atom. The second-order valence-electron chi connectivity index (χ2n) is 10.2. The zero-order chi connectivity index (χ0) is 31.6. The molecule has 4 amide bonds. The van der Waals surface area contributed by atoms with Crippen LogP contribution in [0.4, 0.5) is 9.59 Å². The van der Waals surface area contributed by atoms with Gasteiger partial charge in [-0.1, -0.05) is 45.4 Å². The van der Waals surface area contributed by atoms with E-state index in [9.17, 15) is 24.0 Å². The summed E-state index contributed by atoms with van der Waals surface area (Å²) in [6.07, 6.45) is 11.4. The minimum Gasteiger partial charge on any atom is -0.463 e. The number of nitrogens with one attached hydrogen (secondary N) is 4. The van der Waals surface area contributed by atoms with E-state index in [1.807, 2.05) is 23.5 Å².